The summed E-state index contributed by atoms with van der Waals surface area (Å²) in [6, 6.07) is 63.4. The molecule has 0 saturated carbocycles. The summed E-state index contributed by atoms with van der Waals surface area (Å²) in [7, 11) is 0. The molecule has 3 nitrogen and oxygen atoms in total. The predicted octanol–water partition coefficient (Wildman–Crippen LogP) is 13.2. The van der Waals surface area contributed by atoms with Crippen molar-refractivity contribution >= 4 is 43.5 Å². The van der Waals surface area contributed by atoms with Crippen molar-refractivity contribution in [1.82, 2.24) is 14.5 Å². The molecule has 0 N–H and O–H groups in total. The fraction of sp³-hybridized carbons (Fsp3) is 0.0588. The van der Waals surface area contributed by atoms with Crippen LogP contribution < -0.4 is 0 Å². The highest BCUT2D eigenvalue weighted by Gasteiger charge is 2.37. The van der Waals surface area contributed by atoms with E-state index in [9.17, 15) is 0 Å². The lowest BCUT2D eigenvalue weighted by Crippen LogP contribution is -2.14. The van der Waals surface area contributed by atoms with E-state index in [4.69, 9.17) is 9.97 Å². The first-order chi connectivity index (χ1) is 26.5. The highest BCUT2D eigenvalue weighted by Crippen LogP contribution is 2.52. The van der Waals surface area contributed by atoms with Crippen LogP contribution in [0.2, 0.25) is 0 Å². The summed E-state index contributed by atoms with van der Waals surface area (Å²) in [6.45, 7) is 4.65. The van der Waals surface area contributed by atoms with Gasteiger partial charge in [-0.15, -0.1) is 0 Å². The molecule has 0 amide bonds. The van der Waals surface area contributed by atoms with E-state index in [-0.39, 0.29) is 5.41 Å². The molecule has 10 aromatic rings. The van der Waals surface area contributed by atoms with Gasteiger partial charge in [-0.25, -0.2) is 9.97 Å². The Labute approximate surface area is 313 Å². The van der Waals surface area contributed by atoms with Crippen LogP contribution >= 0.6 is 0 Å². The zero-order chi connectivity index (χ0) is 36.0. The minimum atomic E-state index is -0.109. The molecular weight excluding hydrogens is 655 g/mol. The summed E-state index contributed by atoms with van der Waals surface area (Å²) in [5.41, 5.74) is 14.9. The van der Waals surface area contributed by atoms with Crippen LogP contribution in [0.25, 0.3) is 94.1 Å². The number of para-hydroxylation sites is 1. The van der Waals surface area contributed by atoms with Gasteiger partial charge >= 0.3 is 0 Å². The van der Waals surface area contributed by atoms with Gasteiger partial charge in [-0.05, 0) is 86.6 Å². The van der Waals surface area contributed by atoms with Crippen LogP contribution in [0.3, 0.4) is 0 Å². The molecule has 11 rings (SSSR count). The third-order valence-corrected chi connectivity index (χ3v) is 11.6. The molecule has 8 aromatic carbocycles. The Kier molecular flexibility index (Phi) is 6.60. The van der Waals surface area contributed by atoms with Gasteiger partial charge in [-0.1, -0.05) is 147 Å². The van der Waals surface area contributed by atoms with Crippen LogP contribution in [0.15, 0.2) is 176 Å². The van der Waals surface area contributed by atoms with E-state index in [2.05, 4.69) is 194 Å². The number of benzene rings is 8. The Morgan fingerprint density at radius 2 is 1.17 bits per heavy atom. The molecule has 54 heavy (non-hydrogen) atoms. The average molecular weight is 690 g/mol. The Balaban J connectivity index is 1.11. The molecule has 0 spiro atoms. The van der Waals surface area contributed by atoms with Crippen molar-refractivity contribution in [2.24, 2.45) is 0 Å². The standard InChI is InChI=1S/C51H35N3/c1-51(2)41-23-12-11-22-39(41)47-42(51)26-27-43-48(47)49(33-15-5-3-6-16-33)53-50(52-43)36-18-13-17-34(30-36)35-25-28-44-40(31-35)46-38-21-10-9-14-32(38)24-29-45(46)54(44)37-19-7-4-8-20-37/h3-31H,1-2H3. The van der Waals surface area contributed by atoms with Gasteiger partial charge in [0, 0.05) is 38.4 Å². The lowest BCUT2D eigenvalue weighted by Gasteiger charge is -2.21. The Bertz CT molecular complexity index is 3120. The highest BCUT2D eigenvalue weighted by atomic mass is 15.0. The van der Waals surface area contributed by atoms with Gasteiger partial charge in [0.05, 0.1) is 22.2 Å². The molecule has 3 heteroatoms. The molecule has 0 fully saturated rings. The highest BCUT2D eigenvalue weighted by molar-refractivity contribution is 6.22. The maximum Gasteiger partial charge on any atom is 0.160 e. The topological polar surface area (TPSA) is 30.7 Å². The maximum atomic E-state index is 5.42. The van der Waals surface area contributed by atoms with Crippen LogP contribution in [0.5, 0.6) is 0 Å². The van der Waals surface area contributed by atoms with Crippen molar-refractivity contribution in [1.29, 1.82) is 0 Å². The Hall–Kier alpha value is -6.84. The number of hydrogen-bond donors (Lipinski definition) is 0. The summed E-state index contributed by atoms with van der Waals surface area (Å²) < 4.78 is 2.39. The molecule has 0 aliphatic heterocycles. The summed E-state index contributed by atoms with van der Waals surface area (Å²) in [4.78, 5) is 10.7. The maximum absolute atomic E-state index is 5.42. The summed E-state index contributed by atoms with van der Waals surface area (Å²) >= 11 is 0. The summed E-state index contributed by atoms with van der Waals surface area (Å²) in [5, 5.41) is 6.12. The molecule has 1 aliphatic carbocycles. The van der Waals surface area contributed by atoms with Gasteiger partial charge in [-0.2, -0.15) is 0 Å². The van der Waals surface area contributed by atoms with Crippen LogP contribution in [0.1, 0.15) is 25.0 Å². The monoisotopic (exact) mass is 689 g/mol. The minimum Gasteiger partial charge on any atom is -0.309 e. The fourth-order valence-electron chi connectivity index (χ4n) is 9.01. The lowest BCUT2D eigenvalue weighted by molar-refractivity contribution is 0.661. The quantitative estimate of drug-likeness (QED) is 0.184. The van der Waals surface area contributed by atoms with Crippen LogP contribution in [-0.2, 0) is 5.41 Å². The third kappa shape index (κ3) is 4.48. The van der Waals surface area contributed by atoms with Gasteiger partial charge in [-0.3, -0.25) is 0 Å². The van der Waals surface area contributed by atoms with Crippen molar-refractivity contribution in [3.8, 4) is 50.6 Å². The molecule has 2 aromatic heterocycles. The van der Waals surface area contributed by atoms with E-state index >= 15 is 0 Å². The third-order valence-electron chi connectivity index (χ3n) is 11.6. The van der Waals surface area contributed by atoms with Crippen molar-refractivity contribution in [3.05, 3.63) is 187 Å². The molecule has 0 atom stereocenters. The van der Waals surface area contributed by atoms with Gasteiger partial charge in [0.25, 0.3) is 0 Å². The van der Waals surface area contributed by atoms with Gasteiger partial charge in [0.2, 0.25) is 0 Å². The largest absolute Gasteiger partial charge is 0.309 e. The normalized spacial score (nSPS) is 13.1. The Morgan fingerprint density at radius 1 is 0.463 bits per heavy atom. The van der Waals surface area contributed by atoms with E-state index in [1.807, 2.05) is 0 Å². The van der Waals surface area contributed by atoms with Crippen LogP contribution in [0.4, 0.5) is 0 Å². The van der Waals surface area contributed by atoms with Crippen molar-refractivity contribution in [2.75, 3.05) is 0 Å². The van der Waals surface area contributed by atoms with Crippen LogP contribution in [-0.4, -0.2) is 14.5 Å². The number of fused-ring (bicyclic) bond motifs is 10. The van der Waals surface area contributed by atoms with Gasteiger partial charge in [0.15, 0.2) is 5.82 Å². The second-order valence-corrected chi connectivity index (χ2v) is 15.0. The fourth-order valence-corrected chi connectivity index (χ4v) is 9.01. The molecule has 0 unspecified atom stereocenters. The zero-order valence-corrected chi connectivity index (χ0v) is 30.1. The minimum absolute atomic E-state index is 0.109. The molecular formula is C51H35N3. The molecule has 254 valence electrons. The molecule has 2 heterocycles. The average Bonchev–Trinajstić information content (AvgIpc) is 3.69. The predicted molar refractivity (Wildman–Crippen MR) is 225 cm³/mol. The second kappa shape index (κ2) is 11.6. The number of nitrogens with zero attached hydrogens (tertiary/aromatic N) is 3. The Morgan fingerprint density at radius 3 is 2.04 bits per heavy atom. The molecule has 0 radical (unpaired) electrons. The van der Waals surface area contributed by atoms with Crippen molar-refractivity contribution in [2.45, 2.75) is 19.3 Å². The first-order valence-electron chi connectivity index (χ1n) is 18.7. The number of hydrogen-bond acceptors (Lipinski definition) is 2. The lowest BCUT2D eigenvalue weighted by atomic mass is 9.82. The van der Waals surface area contributed by atoms with Crippen molar-refractivity contribution < 1.29 is 0 Å². The van der Waals surface area contributed by atoms with Crippen molar-refractivity contribution in [3.63, 3.8) is 0 Å². The number of aromatic nitrogens is 3. The van der Waals surface area contributed by atoms with E-state index in [0.29, 0.717) is 0 Å². The van der Waals surface area contributed by atoms with Gasteiger partial charge in [0.1, 0.15) is 0 Å². The van der Waals surface area contributed by atoms with E-state index in [1.165, 1.54) is 54.8 Å². The van der Waals surface area contributed by atoms with E-state index < -0.39 is 0 Å². The SMILES string of the molecule is CC1(C)c2ccccc2-c2c1ccc1nc(-c3cccc(-c4ccc5c(c4)c4c6ccccc6ccc4n5-c4ccccc4)c3)nc(-c3ccccc3)c21. The molecule has 1 aliphatic rings. The zero-order valence-electron chi connectivity index (χ0n) is 30.1. The van der Waals surface area contributed by atoms with Crippen LogP contribution in [0, 0.1) is 0 Å². The molecule has 0 saturated heterocycles. The molecule has 0 bridgehead atoms. The first kappa shape index (κ1) is 30.8. The van der Waals surface area contributed by atoms with Gasteiger partial charge < -0.3 is 4.57 Å². The first-order valence-corrected chi connectivity index (χ1v) is 18.7. The second-order valence-electron chi connectivity index (χ2n) is 15.0. The van der Waals surface area contributed by atoms with E-state index in [1.54, 1.807) is 0 Å². The summed E-state index contributed by atoms with van der Waals surface area (Å²) in [6.07, 6.45) is 0. The number of rotatable bonds is 4. The summed E-state index contributed by atoms with van der Waals surface area (Å²) in [5.74, 6) is 0.724. The van der Waals surface area contributed by atoms with E-state index in [0.717, 1.165) is 50.4 Å². The smallest absolute Gasteiger partial charge is 0.160 e.